The molecule has 2 atom stereocenters. The molecule has 1 aromatic heterocycles. The molecule has 170 valence electrons. The van der Waals surface area contributed by atoms with E-state index in [9.17, 15) is 4.79 Å². The fourth-order valence-electron chi connectivity index (χ4n) is 5.89. The molecule has 33 heavy (non-hydrogen) atoms. The van der Waals surface area contributed by atoms with Crippen LogP contribution in [-0.2, 0) is 6.54 Å². The van der Waals surface area contributed by atoms with E-state index in [1.165, 1.54) is 6.42 Å². The third-order valence-corrected chi connectivity index (χ3v) is 7.78. The van der Waals surface area contributed by atoms with Crippen molar-refractivity contribution in [2.24, 2.45) is 0 Å². The van der Waals surface area contributed by atoms with Crippen LogP contribution in [-0.4, -0.2) is 28.3 Å². The third kappa shape index (κ3) is 3.02. The number of benzene rings is 2. The number of rotatable bonds is 3. The second kappa shape index (κ2) is 7.59. The molecule has 1 saturated heterocycles. The van der Waals surface area contributed by atoms with Crippen LogP contribution in [0.15, 0.2) is 30.3 Å². The monoisotopic (exact) mass is 480 g/mol. The van der Waals surface area contributed by atoms with Gasteiger partial charge in [0.25, 0.3) is 5.91 Å². The molecule has 0 bridgehead atoms. The quantitative estimate of drug-likeness (QED) is 0.492. The fraction of sp³-hybridized carbons (Fsp3) is 0.385. The Morgan fingerprint density at radius 1 is 1.21 bits per heavy atom. The number of amides is 1. The van der Waals surface area contributed by atoms with Crippen LogP contribution in [0.3, 0.4) is 0 Å². The molecule has 5 nitrogen and oxygen atoms in total. The second-order valence-corrected chi connectivity index (χ2v) is 10.5. The van der Waals surface area contributed by atoms with Crippen LogP contribution in [0.5, 0.6) is 0 Å². The summed E-state index contributed by atoms with van der Waals surface area (Å²) in [6, 6.07) is 9.96. The van der Waals surface area contributed by atoms with Crippen molar-refractivity contribution < 1.29 is 4.79 Å². The lowest BCUT2D eigenvalue weighted by Gasteiger charge is -2.36. The van der Waals surface area contributed by atoms with Gasteiger partial charge in [-0.25, -0.2) is 0 Å². The van der Waals surface area contributed by atoms with E-state index in [-0.39, 0.29) is 17.9 Å². The summed E-state index contributed by atoms with van der Waals surface area (Å²) in [4.78, 5) is 15.8. The highest BCUT2D eigenvalue weighted by Crippen LogP contribution is 2.56. The topological polar surface area (TPSA) is 50.2 Å². The molecular weight excluding hydrogens is 455 g/mol. The Balaban J connectivity index is 1.61. The number of carbonyl (C=O) groups excluding carboxylic acids is 1. The number of anilines is 1. The van der Waals surface area contributed by atoms with E-state index >= 15 is 0 Å². The first-order valence-corrected chi connectivity index (χ1v) is 12.4. The maximum atomic E-state index is 13.9. The van der Waals surface area contributed by atoms with Gasteiger partial charge in [-0.15, -0.1) is 0 Å². The summed E-state index contributed by atoms with van der Waals surface area (Å²) >= 11 is 13.2. The Labute approximate surface area is 203 Å². The minimum Gasteiger partial charge on any atom is -0.312 e. The Bertz CT molecular complexity index is 1310. The van der Waals surface area contributed by atoms with Gasteiger partial charge < -0.3 is 5.32 Å². The molecule has 1 fully saturated rings. The van der Waals surface area contributed by atoms with Gasteiger partial charge in [-0.3, -0.25) is 14.4 Å². The smallest absolute Gasteiger partial charge is 0.280 e. The summed E-state index contributed by atoms with van der Waals surface area (Å²) in [6.45, 7) is 8.23. The number of halogens is 2. The van der Waals surface area contributed by atoms with Crippen molar-refractivity contribution in [2.45, 2.75) is 58.2 Å². The highest BCUT2D eigenvalue weighted by Gasteiger charge is 2.49. The van der Waals surface area contributed by atoms with Gasteiger partial charge in [0, 0.05) is 27.9 Å². The lowest BCUT2D eigenvalue weighted by atomic mass is 9.84. The molecule has 6 rings (SSSR count). The summed E-state index contributed by atoms with van der Waals surface area (Å²) in [7, 11) is 0. The Morgan fingerprint density at radius 3 is 2.76 bits per heavy atom. The molecule has 7 heteroatoms. The SMILES string of the molecule is Cc1ccc(Cl)c2c1N1C(=O)c3nn(CC4CCCN4)c(C(C)C)c3C1c1ccc(Cl)cc1-2. The van der Waals surface area contributed by atoms with Crippen LogP contribution in [0.1, 0.15) is 71.5 Å². The molecule has 2 aromatic carbocycles. The zero-order chi connectivity index (χ0) is 23.0. The highest BCUT2D eigenvalue weighted by atomic mass is 35.5. The van der Waals surface area contributed by atoms with Gasteiger partial charge in [-0.2, -0.15) is 5.10 Å². The number of aromatic nitrogens is 2. The number of aryl methyl sites for hydroxylation is 1. The molecular formula is C26H26Cl2N4O. The van der Waals surface area contributed by atoms with E-state index < -0.39 is 0 Å². The maximum absolute atomic E-state index is 13.9. The Morgan fingerprint density at radius 2 is 2.03 bits per heavy atom. The maximum Gasteiger partial charge on any atom is 0.280 e. The summed E-state index contributed by atoms with van der Waals surface area (Å²) in [5.74, 6) is 0.176. The van der Waals surface area contributed by atoms with E-state index in [0.29, 0.717) is 21.8 Å². The van der Waals surface area contributed by atoms with Crippen molar-refractivity contribution in [1.82, 2.24) is 15.1 Å². The average molecular weight is 481 g/mol. The molecule has 4 heterocycles. The van der Waals surface area contributed by atoms with Crippen molar-refractivity contribution in [2.75, 3.05) is 11.4 Å². The highest BCUT2D eigenvalue weighted by molar-refractivity contribution is 6.35. The first-order valence-electron chi connectivity index (χ1n) is 11.6. The summed E-state index contributed by atoms with van der Waals surface area (Å²) in [5, 5.41) is 9.77. The number of hydrogen-bond donors (Lipinski definition) is 1. The van der Waals surface area contributed by atoms with Gasteiger partial charge in [-0.05, 0) is 67.1 Å². The van der Waals surface area contributed by atoms with Gasteiger partial charge in [0.05, 0.1) is 23.3 Å². The molecule has 0 spiro atoms. The van der Waals surface area contributed by atoms with Crippen LogP contribution >= 0.6 is 23.2 Å². The fourth-order valence-corrected chi connectivity index (χ4v) is 6.32. The predicted octanol–water partition coefficient (Wildman–Crippen LogP) is 6.10. The zero-order valence-electron chi connectivity index (χ0n) is 19.0. The van der Waals surface area contributed by atoms with Crippen LogP contribution in [0.2, 0.25) is 10.0 Å². The first-order chi connectivity index (χ1) is 15.9. The second-order valence-electron chi connectivity index (χ2n) is 9.67. The Hall–Kier alpha value is -2.34. The van der Waals surface area contributed by atoms with E-state index in [1.54, 1.807) is 0 Å². The Kier molecular flexibility index (Phi) is 4.88. The van der Waals surface area contributed by atoms with Gasteiger partial charge in [0.2, 0.25) is 0 Å². The third-order valence-electron chi connectivity index (χ3n) is 7.23. The average Bonchev–Trinajstić information content (AvgIpc) is 3.48. The lowest BCUT2D eigenvalue weighted by Crippen LogP contribution is -2.35. The molecule has 1 amide bonds. The molecule has 1 N–H and O–H groups in total. The van der Waals surface area contributed by atoms with E-state index in [0.717, 1.165) is 58.7 Å². The molecule has 0 radical (unpaired) electrons. The van der Waals surface area contributed by atoms with Crippen LogP contribution in [0, 0.1) is 6.92 Å². The van der Waals surface area contributed by atoms with Gasteiger partial charge in [0.1, 0.15) is 0 Å². The number of nitrogens with one attached hydrogen (secondary N) is 1. The normalized spacial score (nSPS) is 20.8. The number of hydrogen-bond acceptors (Lipinski definition) is 3. The first kappa shape index (κ1) is 21.2. The number of carbonyl (C=O) groups is 1. The summed E-state index contributed by atoms with van der Waals surface area (Å²) in [6.07, 6.45) is 2.32. The largest absolute Gasteiger partial charge is 0.312 e. The van der Waals surface area contributed by atoms with Gasteiger partial charge in [-0.1, -0.05) is 49.2 Å². The molecule has 3 aliphatic rings. The number of nitrogens with zero attached hydrogens (tertiary/aromatic N) is 3. The van der Waals surface area contributed by atoms with Crippen molar-refractivity contribution in [3.63, 3.8) is 0 Å². The minimum absolute atomic E-state index is 0.0535. The van der Waals surface area contributed by atoms with Crippen molar-refractivity contribution in [3.8, 4) is 11.1 Å². The lowest BCUT2D eigenvalue weighted by molar-refractivity contribution is 0.0987. The summed E-state index contributed by atoms with van der Waals surface area (Å²) in [5.41, 5.74) is 7.53. The summed E-state index contributed by atoms with van der Waals surface area (Å²) < 4.78 is 2.09. The van der Waals surface area contributed by atoms with Crippen LogP contribution in [0.25, 0.3) is 11.1 Å². The molecule has 3 aromatic rings. The van der Waals surface area contributed by atoms with Crippen LogP contribution in [0.4, 0.5) is 5.69 Å². The molecule has 2 unspecified atom stereocenters. The van der Waals surface area contributed by atoms with Gasteiger partial charge >= 0.3 is 0 Å². The van der Waals surface area contributed by atoms with Crippen molar-refractivity contribution in [1.29, 1.82) is 0 Å². The number of fused-ring (bicyclic) bond motifs is 8. The van der Waals surface area contributed by atoms with E-state index in [4.69, 9.17) is 28.3 Å². The van der Waals surface area contributed by atoms with E-state index in [1.807, 2.05) is 42.2 Å². The van der Waals surface area contributed by atoms with E-state index in [2.05, 4.69) is 23.8 Å². The predicted molar refractivity (Wildman–Crippen MR) is 133 cm³/mol. The molecule has 0 aliphatic carbocycles. The minimum atomic E-state index is -0.230. The standard InChI is InChI=1S/C26H26Cl2N4O/c1-13(2)23-21-22(30-31(23)12-16-5-4-10-29-16)26(33)32-24-14(3)6-9-19(28)20(24)18-11-15(27)7-8-17(18)25(21)32/h6-9,11,13,16,25,29H,4-5,10,12H2,1-3H3. The van der Waals surface area contributed by atoms with Crippen LogP contribution < -0.4 is 10.2 Å². The van der Waals surface area contributed by atoms with Crippen molar-refractivity contribution >= 4 is 34.8 Å². The zero-order valence-corrected chi connectivity index (χ0v) is 20.5. The molecule has 0 saturated carbocycles. The molecule has 3 aliphatic heterocycles. The van der Waals surface area contributed by atoms with Crippen molar-refractivity contribution in [3.05, 3.63) is 68.5 Å². The van der Waals surface area contributed by atoms with Gasteiger partial charge in [0.15, 0.2) is 5.69 Å².